The highest BCUT2D eigenvalue weighted by molar-refractivity contribution is 6.34. The van der Waals surface area contributed by atoms with Gasteiger partial charge in [0.25, 0.3) is 11.8 Å². The van der Waals surface area contributed by atoms with Gasteiger partial charge in [-0.05, 0) is 55.5 Å². The number of amides is 2. The van der Waals surface area contributed by atoms with E-state index in [0.717, 1.165) is 18.9 Å². The standard InChI is InChI=1S/C17H13Cl2NO4/c18-14-7-6-11(9-10(14)5-8-15(21)24-19)20-16(22)12-3-1-2-4-13(12)17(20)23/h5-9H,1-4H2. The molecule has 0 spiro atoms. The van der Waals surface area contributed by atoms with E-state index in [2.05, 4.69) is 4.29 Å². The Labute approximate surface area is 148 Å². The van der Waals surface area contributed by atoms with Gasteiger partial charge in [0.05, 0.1) is 5.69 Å². The van der Waals surface area contributed by atoms with Crippen LogP contribution in [0.3, 0.4) is 0 Å². The largest absolute Gasteiger partial charge is 0.349 e. The first-order valence-corrected chi connectivity index (χ1v) is 8.12. The van der Waals surface area contributed by atoms with Gasteiger partial charge in [-0.3, -0.25) is 9.59 Å². The molecule has 0 atom stereocenters. The second-order valence-electron chi connectivity index (χ2n) is 5.55. The number of rotatable bonds is 3. The third-order valence-electron chi connectivity index (χ3n) is 4.10. The molecule has 0 saturated heterocycles. The van der Waals surface area contributed by atoms with Crippen molar-refractivity contribution in [3.05, 3.63) is 46.0 Å². The van der Waals surface area contributed by atoms with Crippen LogP contribution >= 0.6 is 23.5 Å². The Morgan fingerprint density at radius 3 is 2.33 bits per heavy atom. The van der Waals surface area contributed by atoms with E-state index in [1.54, 1.807) is 18.2 Å². The average molecular weight is 366 g/mol. The fourth-order valence-electron chi connectivity index (χ4n) is 2.96. The summed E-state index contributed by atoms with van der Waals surface area (Å²) in [5.41, 5.74) is 2.12. The second kappa shape index (κ2) is 6.79. The van der Waals surface area contributed by atoms with Gasteiger partial charge in [-0.2, -0.15) is 0 Å². The summed E-state index contributed by atoms with van der Waals surface area (Å²) >= 11 is 11.1. The molecule has 1 aromatic rings. The molecule has 24 heavy (non-hydrogen) atoms. The molecule has 0 unspecified atom stereocenters. The van der Waals surface area contributed by atoms with Crippen LogP contribution in [0.2, 0.25) is 5.02 Å². The Morgan fingerprint density at radius 2 is 1.75 bits per heavy atom. The molecule has 1 aromatic carbocycles. The summed E-state index contributed by atoms with van der Waals surface area (Å²) in [4.78, 5) is 37.4. The van der Waals surface area contributed by atoms with Crippen molar-refractivity contribution in [3.63, 3.8) is 0 Å². The van der Waals surface area contributed by atoms with Crippen molar-refractivity contribution in [2.75, 3.05) is 4.90 Å². The van der Waals surface area contributed by atoms with Crippen molar-refractivity contribution in [2.45, 2.75) is 25.7 Å². The second-order valence-corrected chi connectivity index (χ2v) is 6.11. The maximum atomic E-state index is 12.6. The highest BCUT2D eigenvalue weighted by Crippen LogP contribution is 2.36. The number of hydrogen-bond donors (Lipinski definition) is 0. The Balaban J connectivity index is 1.93. The number of halogens is 2. The molecule has 0 bridgehead atoms. The van der Waals surface area contributed by atoms with Gasteiger partial charge in [-0.15, -0.1) is 0 Å². The lowest BCUT2D eigenvalue weighted by Crippen LogP contribution is -2.31. The van der Waals surface area contributed by atoms with Crippen molar-refractivity contribution in [1.29, 1.82) is 0 Å². The summed E-state index contributed by atoms with van der Waals surface area (Å²) in [7, 11) is 0. The molecule has 1 aliphatic carbocycles. The molecular weight excluding hydrogens is 353 g/mol. The highest BCUT2D eigenvalue weighted by Gasteiger charge is 2.39. The molecule has 0 fully saturated rings. The lowest BCUT2D eigenvalue weighted by molar-refractivity contribution is -0.128. The first-order chi connectivity index (χ1) is 11.5. The molecule has 2 amide bonds. The molecule has 0 radical (unpaired) electrons. The number of carbonyl (C=O) groups excluding carboxylic acids is 3. The summed E-state index contributed by atoms with van der Waals surface area (Å²) in [6.45, 7) is 0. The minimum Gasteiger partial charge on any atom is -0.344 e. The monoisotopic (exact) mass is 365 g/mol. The molecule has 1 aliphatic heterocycles. The topological polar surface area (TPSA) is 63.7 Å². The molecule has 0 aromatic heterocycles. The van der Waals surface area contributed by atoms with Gasteiger partial charge < -0.3 is 4.29 Å². The van der Waals surface area contributed by atoms with Crippen LogP contribution in [0.15, 0.2) is 35.4 Å². The van der Waals surface area contributed by atoms with Crippen LogP contribution in [-0.4, -0.2) is 17.8 Å². The van der Waals surface area contributed by atoms with Crippen molar-refractivity contribution >= 4 is 53.0 Å². The summed E-state index contributed by atoms with van der Waals surface area (Å²) in [6, 6.07) is 4.75. The number of nitrogens with zero attached hydrogens (tertiary/aromatic N) is 1. The van der Waals surface area contributed by atoms with E-state index in [0.29, 0.717) is 40.3 Å². The van der Waals surface area contributed by atoms with Gasteiger partial charge in [0.15, 0.2) is 0 Å². The third kappa shape index (κ3) is 2.97. The highest BCUT2D eigenvalue weighted by atomic mass is 35.5. The lowest BCUT2D eigenvalue weighted by Gasteiger charge is -2.16. The Bertz CT molecular complexity index is 770. The number of anilines is 1. The maximum Gasteiger partial charge on any atom is 0.349 e. The van der Waals surface area contributed by atoms with Gasteiger partial charge in [-0.25, -0.2) is 9.69 Å². The zero-order chi connectivity index (χ0) is 17.3. The van der Waals surface area contributed by atoms with E-state index in [1.165, 1.54) is 11.0 Å². The molecule has 2 aliphatic rings. The Kier molecular flexibility index (Phi) is 4.73. The van der Waals surface area contributed by atoms with E-state index >= 15 is 0 Å². The molecule has 1 heterocycles. The number of hydrogen-bond acceptors (Lipinski definition) is 4. The van der Waals surface area contributed by atoms with Gasteiger partial charge in [0.1, 0.15) is 11.9 Å². The van der Waals surface area contributed by atoms with Crippen LogP contribution in [0.5, 0.6) is 0 Å². The third-order valence-corrected chi connectivity index (χ3v) is 4.60. The van der Waals surface area contributed by atoms with Crippen LogP contribution < -0.4 is 4.90 Å². The summed E-state index contributed by atoms with van der Waals surface area (Å²) in [5.74, 6) is -1.29. The summed E-state index contributed by atoms with van der Waals surface area (Å²) in [5, 5.41) is 0.370. The van der Waals surface area contributed by atoms with Crippen LogP contribution in [-0.2, 0) is 18.7 Å². The van der Waals surface area contributed by atoms with Crippen molar-refractivity contribution in [2.24, 2.45) is 0 Å². The van der Waals surface area contributed by atoms with Crippen LogP contribution in [0, 0.1) is 0 Å². The number of benzene rings is 1. The number of carbonyl (C=O) groups is 3. The molecule has 5 nitrogen and oxygen atoms in total. The van der Waals surface area contributed by atoms with Crippen LogP contribution in [0.1, 0.15) is 31.2 Å². The molecule has 124 valence electrons. The SMILES string of the molecule is O=C(C=Cc1cc(N2C(=O)C3=C(CCCC3)C2=O)ccc1Cl)OCl. The predicted molar refractivity (Wildman–Crippen MR) is 90.4 cm³/mol. The van der Waals surface area contributed by atoms with E-state index in [1.807, 2.05) is 0 Å². The van der Waals surface area contributed by atoms with Gasteiger partial charge in [0.2, 0.25) is 0 Å². The molecule has 7 heteroatoms. The minimum absolute atomic E-state index is 0.271. The quantitative estimate of drug-likeness (QED) is 0.603. The van der Waals surface area contributed by atoms with E-state index in [9.17, 15) is 14.4 Å². The minimum atomic E-state index is -0.747. The van der Waals surface area contributed by atoms with Gasteiger partial charge >= 0.3 is 5.97 Å². The zero-order valence-corrected chi connectivity index (χ0v) is 14.1. The molecule has 3 rings (SSSR count). The van der Waals surface area contributed by atoms with Crippen molar-refractivity contribution < 1.29 is 18.7 Å². The first-order valence-electron chi connectivity index (χ1n) is 7.44. The van der Waals surface area contributed by atoms with E-state index in [4.69, 9.17) is 23.5 Å². The molecule has 0 saturated carbocycles. The Hall–Kier alpha value is -2.11. The fraction of sp³-hybridized carbons (Fsp3) is 0.235. The Morgan fingerprint density at radius 1 is 1.12 bits per heavy atom. The smallest absolute Gasteiger partial charge is 0.344 e. The number of imide groups is 1. The van der Waals surface area contributed by atoms with Crippen molar-refractivity contribution in [3.8, 4) is 0 Å². The van der Waals surface area contributed by atoms with Gasteiger partial charge in [-0.1, -0.05) is 11.6 Å². The van der Waals surface area contributed by atoms with E-state index < -0.39 is 5.97 Å². The fourth-order valence-corrected chi connectivity index (χ4v) is 3.19. The lowest BCUT2D eigenvalue weighted by atomic mass is 9.93. The van der Waals surface area contributed by atoms with Crippen LogP contribution in [0.25, 0.3) is 6.08 Å². The van der Waals surface area contributed by atoms with E-state index in [-0.39, 0.29) is 11.8 Å². The van der Waals surface area contributed by atoms with Crippen LogP contribution in [0.4, 0.5) is 5.69 Å². The molecule has 0 N–H and O–H groups in total. The zero-order valence-electron chi connectivity index (χ0n) is 12.6. The normalized spacial score (nSPS) is 17.7. The van der Waals surface area contributed by atoms with Crippen molar-refractivity contribution in [1.82, 2.24) is 0 Å². The van der Waals surface area contributed by atoms with Gasteiger partial charge in [0, 0.05) is 22.2 Å². The average Bonchev–Trinajstić information content (AvgIpc) is 2.85. The summed E-state index contributed by atoms with van der Waals surface area (Å²) < 4.78 is 4.02. The first kappa shape index (κ1) is 16.7. The summed E-state index contributed by atoms with van der Waals surface area (Å²) in [6.07, 6.45) is 5.63. The predicted octanol–water partition coefficient (Wildman–Crippen LogP) is 3.79. The maximum absolute atomic E-state index is 12.6. The molecular formula is C17H13Cl2NO4.